The van der Waals surface area contributed by atoms with Gasteiger partial charge in [0.1, 0.15) is 5.82 Å². The van der Waals surface area contributed by atoms with Gasteiger partial charge in [-0.05, 0) is 12.1 Å². The van der Waals surface area contributed by atoms with Gasteiger partial charge in [0.05, 0.1) is 0 Å². The molecule has 0 unspecified atom stereocenters. The molecule has 1 heterocycles. The minimum atomic E-state index is -1.22. The Morgan fingerprint density at radius 3 is 2.36 bits per heavy atom. The van der Waals surface area contributed by atoms with Crippen LogP contribution < -0.4 is 10.6 Å². The van der Waals surface area contributed by atoms with Gasteiger partial charge in [-0.1, -0.05) is 0 Å². The molecule has 5 heteroatoms. The smallest absolute Gasteiger partial charge is 0.310 e. The SMILES string of the molecule is CN(C)c1ccc(C(=O)C([NH])=O)cn1. The molecule has 0 atom stereocenters. The molecule has 0 bridgehead atoms. The molecule has 73 valence electrons. The van der Waals surface area contributed by atoms with Gasteiger partial charge in [0.25, 0.3) is 5.78 Å². The van der Waals surface area contributed by atoms with Gasteiger partial charge in [-0.3, -0.25) is 15.3 Å². The number of nitrogens with zero attached hydrogens (tertiary/aromatic N) is 2. The minimum absolute atomic E-state index is 0.149. The van der Waals surface area contributed by atoms with Crippen LogP contribution in [-0.4, -0.2) is 30.8 Å². The number of aromatic nitrogens is 1. The zero-order valence-electron chi connectivity index (χ0n) is 7.94. The highest BCUT2D eigenvalue weighted by atomic mass is 16.2. The molecule has 0 fully saturated rings. The molecule has 1 rings (SSSR count). The van der Waals surface area contributed by atoms with Crippen LogP contribution in [0.1, 0.15) is 10.4 Å². The molecule has 0 saturated carbocycles. The third-order valence-electron chi connectivity index (χ3n) is 1.67. The molecule has 1 amide bonds. The lowest BCUT2D eigenvalue weighted by Gasteiger charge is -2.10. The summed E-state index contributed by atoms with van der Waals surface area (Å²) in [6.07, 6.45) is 1.30. The summed E-state index contributed by atoms with van der Waals surface area (Å²) in [5.41, 5.74) is 6.78. The summed E-state index contributed by atoms with van der Waals surface area (Å²) in [5, 5.41) is 0. The van der Waals surface area contributed by atoms with E-state index in [0.29, 0.717) is 5.82 Å². The molecule has 0 spiro atoms. The van der Waals surface area contributed by atoms with Crippen LogP contribution in [-0.2, 0) is 4.79 Å². The second-order valence-corrected chi connectivity index (χ2v) is 2.96. The van der Waals surface area contributed by atoms with E-state index in [4.69, 9.17) is 5.73 Å². The molecule has 1 radical (unpaired) electrons. The fraction of sp³-hybridized carbons (Fsp3) is 0.222. The standard InChI is InChI=1S/C9H10N3O2/c1-12(2)7-4-3-6(5-11-7)8(13)9(10)14/h3-5,10H,1-2H3. The largest absolute Gasteiger partial charge is 0.363 e. The van der Waals surface area contributed by atoms with Gasteiger partial charge in [0.15, 0.2) is 0 Å². The molecule has 0 aliphatic heterocycles. The summed E-state index contributed by atoms with van der Waals surface area (Å²) in [6.45, 7) is 0. The monoisotopic (exact) mass is 192 g/mol. The Balaban J connectivity index is 2.94. The fourth-order valence-corrected chi connectivity index (χ4v) is 0.916. The van der Waals surface area contributed by atoms with E-state index in [1.54, 1.807) is 11.0 Å². The number of nitrogens with one attached hydrogen (secondary N) is 1. The second kappa shape index (κ2) is 3.87. The zero-order chi connectivity index (χ0) is 10.7. The highest BCUT2D eigenvalue weighted by Crippen LogP contribution is 2.07. The minimum Gasteiger partial charge on any atom is -0.363 e. The van der Waals surface area contributed by atoms with E-state index in [2.05, 4.69) is 4.98 Å². The number of ketones is 1. The van der Waals surface area contributed by atoms with E-state index in [1.165, 1.54) is 12.3 Å². The normalized spacial score (nSPS) is 9.57. The van der Waals surface area contributed by atoms with E-state index in [1.807, 2.05) is 14.1 Å². The Kier molecular flexibility index (Phi) is 2.81. The van der Waals surface area contributed by atoms with Gasteiger partial charge in [-0.2, -0.15) is 0 Å². The van der Waals surface area contributed by atoms with Crippen LogP contribution in [0.25, 0.3) is 0 Å². The maximum Gasteiger partial charge on any atom is 0.310 e. The van der Waals surface area contributed by atoms with Crippen molar-refractivity contribution in [2.45, 2.75) is 0 Å². The van der Waals surface area contributed by atoms with Gasteiger partial charge >= 0.3 is 5.91 Å². The summed E-state index contributed by atoms with van der Waals surface area (Å²) in [5.74, 6) is -1.36. The Morgan fingerprint density at radius 2 is 2.00 bits per heavy atom. The lowest BCUT2D eigenvalue weighted by molar-refractivity contribution is -0.114. The molecule has 1 aromatic rings. The van der Waals surface area contributed by atoms with Crippen LogP contribution in [0.4, 0.5) is 5.82 Å². The van der Waals surface area contributed by atoms with E-state index in [0.717, 1.165) is 0 Å². The van der Waals surface area contributed by atoms with Crippen molar-refractivity contribution >= 4 is 17.5 Å². The summed E-state index contributed by atoms with van der Waals surface area (Å²) in [6, 6.07) is 3.10. The first kappa shape index (κ1) is 10.2. The van der Waals surface area contributed by atoms with E-state index in [-0.39, 0.29) is 5.56 Å². The van der Waals surface area contributed by atoms with Gasteiger partial charge in [-0.15, -0.1) is 0 Å². The van der Waals surface area contributed by atoms with Crippen molar-refractivity contribution in [3.8, 4) is 0 Å². The number of anilines is 1. The highest BCUT2D eigenvalue weighted by Gasteiger charge is 2.13. The molecular weight excluding hydrogens is 182 g/mol. The molecule has 0 aromatic carbocycles. The van der Waals surface area contributed by atoms with E-state index in [9.17, 15) is 9.59 Å². The number of carbonyl (C=O) groups is 2. The topological polar surface area (TPSA) is 74.1 Å². The number of pyridine rings is 1. The van der Waals surface area contributed by atoms with Gasteiger partial charge in [-0.25, -0.2) is 4.98 Å². The van der Waals surface area contributed by atoms with Crippen molar-refractivity contribution in [2.24, 2.45) is 0 Å². The summed E-state index contributed by atoms with van der Waals surface area (Å²) < 4.78 is 0. The molecule has 1 N–H and O–H groups in total. The number of rotatable bonds is 3. The Bertz CT molecular complexity index is 357. The van der Waals surface area contributed by atoms with E-state index < -0.39 is 11.7 Å². The van der Waals surface area contributed by atoms with Crippen LogP contribution >= 0.6 is 0 Å². The fourth-order valence-electron chi connectivity index (χ4n) is 0.916. The maximum absolute atomic E-state index is 11.0. The first-order valence-corrected chi connectivity index (χ1v) is 3.96. The predicted octanol–water partition coefficient (Wildman–Crippen LogP) is 0.140. The van der Waals surface area contributed by atoms with Gasteiger partial charge in [0.2, 0.25) is 0 Å². The quantitative estimate of drug-likeness (QED) is 0.504. The summed E-state index contributed by atoms with van der Waals surface area (Å²) >= 11 is 0. The maximum atomic E-state index is 11.0. The summed E-state index contributed by atoms with van der Waals surface area (Å²) in [4.78, 5) is 27.2. The average molecular weight is 192 g/mol. The number of carbonyl (C=O) groups excluding carboxylic acids is 2. The first-order valence-electron chi connectivity index (χ1n) is 3.96. The Labute approximate surface area is 81.5 Å². The van der Waals surface area contributed by atoms with E-state index >= 15 is 0 Å². The lowest BCUT2D eigenvalue weighted by atomic mass is 10.2. The highest BCUT2D eigenvalue weighted by molar-refractivity contribution is 6.41. The van der Waals surface area contributed by atoms with Crippen molar-refractivity contribution < 1.29 is 9.59 Å². The van der Waals surface area contributed by atoms with Crippen LogP contribution in [0.5, 0.6) is 0 Å². The molecule has 0 aliphatic carbocycles. The molecule has 0 saturated heterocycles. The van der Waals surface area contributed by atoms with Crippen LogP contribution in [0.15, 0.2) is 18.3 Å². The number of Topliss-reactive ketones (excluding diaryl/α,β-unsaturated/α-hetero) is 1. The van der Waals surface area contributed by atoms with Crippen molar-refractivity contribution in [1.29, 1.82) is 0 Å². The molecular formula is C9H10N3O2. The molecule has 5 nitrogen and oxygen atoms in total. The molecule has 14 heavy (non-hydrogen) atoms. The molecule has 0 aliphatic rings. The van der Waals surface area contributed by atoms with Gasteiger partial charge in [0, 0.05) is 25.9 Å². The van der Waals surface area contributed by atoms with Crippen LogP contribution in [0.2, 0.25) is 0 Å². The lowest BCUT2D eigenvalue weighted by Crippen LogP contribution is -2.16. The predicted molar refractivity (Wildman–Crippen MR) is 51.0 cm³/mol. The first-order chi connectivity index (χ1) is 6.52. The Hall–Kier alpha value is -1.91. The average Bonchev–Trinajstić information content (AvgIpc) is 2.16. The number of amides is 1. The zero-order valence-corrected chi connectivity index (χ0v) is 7.94. The van der Waals surface area contributed by atoms with Crippen molar-refractivity contribution in [3.05, 3.63) is 23.9 Å². The number of hydrogen-bond acceptors (Lipinski definition) is 4. The van der Waals surface area contributed by atoms with Crippen molar-refractivity contribution in [3.63, 3.8) is 0 Å². The number of hydrogen-bond donors (Lipinski definition) is 0. The second-order valence-electron chi connectivity index (χ2n) is 2.96. The summed E-state index contributed by atoms with van der Waals surface area (Å²) in [7, 11) is 3.64. The third kappa shape index (κ3) is 2.07. The Morgan fingerprint density at radius 1 is 1.36 bits per heavy atom. The molecule has 1 aromatic heterocycles. The van der Waals surface area contributed by atoms with Crippen molar-refractivity contribution in [1.82, 2.24) is 10.7 Å². The van der Waals surface area contributed by atoms with Gasteiger partial charge < -0.3 is 4.90 Å². The van der Waals surface area contributed by atoms with Crippen LogP contribution in [0, 0.1) is 0 Å². The van der Waals surface area contributed by atoms with Crippen LogP contribution in [0.3, 0.4) is 0 Å². The van der Waals surface area contributed by atoms with Crippen molar-refractivity contribution in [2.75, 3.05) is 19.0 Å². The third-order valence-corrected chi connectivity index (χ3v) is 1.67.